The van der Waals surface area contributed by atoms with E-state index in [0.717, 1.165) is 19.3 Å². The molecule has 2 aliphatic rings. The molecule has 2 N–H and O–H groups in total. The Labute approximate surface area is 247 Å². The van der Waals surface area contributed by atoms with E-state index in [4.69, 9.17) is 9.47 Å². The standard InChI is InChI=1S/C29H45N7O6/c1-8-11-12-13-14-15-21(30-27(40)42-28(4,5)6)25(38)36-18-19(23-32-34-35(7)33-23)16-22(36)24(37)31-29(17-20(29)9-2)26(39)41-10-3/h8-9,19-22H,1-2,10-18H2,3-7H3,(H,30,40)(H,31,37)/t19-,20-,21+,22+,29-/m1/s1. The number of hydrogen-bond acceptors (Lipinski definition) is 9. The number of likely N-dealkylation sites (tertiary alicyclic amines) is 1. The van der Waals surface area contributed by atoms with Crippen LogP contribution in [-0.4, -0.2) is 85.4 Å². The normalized spacial score (nSPS) is 23.9. The largest absolute Gasteiger partial charge is 0.464 e. The number of ether oxygens (including phenoxy) is 2. The number of unbranched alkanes of at least 4 members (excludes halogenated alkanes) is 3. The van der Waals surface area contributed by atoms with E-state index in [1.54, 1.807) is 40.8 Å². The van der Waals surface area contributed by atoms with E-state index >= 15 is 0 Å². The highest BCUT2D eigenvalue weighted by molar-refractivity contribution is 5.96. The molecule has 1 aromatic rings. The number of amides is 3. The zero-order valence-electron chi connectivity index (χ0n) is 25.4. The molecule has 1 saturated carbocycles. The third-order valence-corrected chi connectivity index (χ3v) is 7.45. The van der Waals surface area contributed by atoms with Gasteiger partial charge in [0, 0.05) is 18.4 Å². The first-order valence-corrected chi connectivity index (χ1v) is 14.6. The first-order chi connectivity index (χ1) is 19.8. The highest BCUT2D eigenvalue weighted by Crippen LogP contribution is 2.46. The summed E-state index contributed by atoms with van der Waals surface area (Å²) in [6, 6.07) is -1.86. The van der Waals surface area contributed by atoms with Gasteiger partial charge in [0.2, 0.25) is 11.8 Å². The Hall–Kier alpha value is -3.77. The van der Waals surface area contributed by atoms with Gasteiger partial charge in [0.05, 0.1) is 13.7 Å². The zero-order chi connectivity index (χ0) is 31.1. The minimum Gasteiger partial charge on any atom is -0.464 e. The van der Waals surface area contributed by atoms with E-state index in [0.29, 0.717) is 25.1 Å². The smallest absolute Gasteiger partial charge is 0.408 e. The van der Waals surface area contributed by atoms with E-state index in [9.17, 15) is 19.2 Å². The SMILES string of the molecule is C=CCCCCC[C@H](NC(=O)OC(C)(C)C)C(=O)N1C[C@H](c2nnn(C)n2)C[C@H]1C(=O)N[C@]1(C(=O)OCC)C[C@H]1C=C. The average Bonchev–Trinajstić information content (AvgIpc) is 3.20. The molecule has 0 aromatic carbocycles. The maximum absolute atomic E-state index is 14.1. The maximum atomic E-state index is 14.1. The second-order valence-corrected chi connectivity index (χ2v) is 11.9. The number of esters is 1. The van der Waals surface area contributed by atoms with Gasteiger partial charge in [0.25, 0.3) is 0 Å². The summed E-state index contributed by atoms with van der Waals surface area (Å²) in [5, 5.41) is 17.9. The molecule has 0 bridgehead atoms. The third-order valence-electron chi connectivity index (χ3n) is 7.45. The van der Waals surface area contributed by atoms with Crippen molar-refractivity contribution >= 4 is 23.9 Å². The minimum atomic E-state index is -1.22. The number of nitrogens with zero attached hydrogens (tertiary/aromatic N) is 5. The second-order valence-electron chi connectivity index (χ2n) is 11.9. The number of nitrogens with one attached hydrogen (secondary N) is 2. The van der Waals surface area contributed by atoms with Crippen molar-refractivity contribution in [3.05, 3.63) is 31.1 Å². The van der Waals surface area contributed by atoms with Crippen LogP contribution in [0.3, 0.4) is 0 Å². The Morgan fingerprint density at radius 3 is 2.50 bits per heavy atom. The number of alkyl carbamates (subject to hydrolysis) is 1. The number of hydrogen-bond donors (Lipinski definition) is 2. The number of aromatic nitrogens is 4. The lowest BCUT2D eigenvalue weighted by Gasteiger charge is -2.30. The quantitative estimate of drug-likeness (QED) is 0.190. The van der Waals surface area contributed by atoms with Crippen LogP contribution >= 0.6 is 0 Å². The van der Waals surface area contributed by atoms with E-state index in [1.807, 2.05) is 6.08 Å². The van der Waals surface area contributed by atoms with Crippen LogP contribution < -0.4 is 10.6 Å². The number of allylic oxidation sites excluding steroid dienone is 1. The van der Waals surface area contributed by atoms with Crippen LogP contribution in [-0.2, 0) is 30.9 Å². The molecule has 1 aliphatic carbocycles. The molecule has 13 heteroatoms. The molecule has 2 fully saturated rings. The molecule has 232 valence electrons. The first kappa shape index (κ1) is 32.7. The number of aryl methyl sites for hydroxylation is 1. The predicted octanol–water partition coefficient (Wildman–Crippen LogP) is 2.55. The van der Waals surface area contributed by atoms with Crippen molar-refractivity contribution in [2.75, 3.05) is 13.2 Å². The van der Waals surface area contributed by atoms with Gasteiger partial charge in [-0.3, -0.25) is 9.59 Å². The molecule has 42 heavy (non-hydrogen) atoms. The summed E-state index contributed by atoms with van der Waals surface area (Å²) in [5.74, 6) is -1.69. The molecular formula is C29H45N7O6. The summed E-state index contributed by atoms with van der Waals surface area (Å²) in [5.41, 5.74) is -1.97. The summed E-state index contributed by atoms with van der Waals surface area (Å²) >= 11 is 0. The van der Waals surface area contributed by atoms with Crippen molar-refractivity contribution in [2.24, 2.45) is 13.0 Å². The zero-order valence-corrected chi connectivity index (χ0v) is 25.4. The lowest BCUT2D eigenvalue weighted by molar-refractivity contribution is -0.150. The van der Waals surface area contributed by atoms with Gasteiger partial charge < -0.3 is 25.0 Å². The fourth-order valence-electron chi connectivity index (χ4n) is 5.26. The molecule has 3 amide bonds. The van der Waals surface area contributed by atoms with Crippen LogP contribution in [0.25, 0.3) is 0 Å². The Bertz CT molecular complexity index is 1160. The van der Waals surface area contributed by atoms with Crippen molar-refractivity contribution in [3.63, 3.8) is 0 Å². The van der Waals surface area contributed by atoms with E-state index in [2.05, 4.69) is 39.2 Å². The predicted molar refractivity (Wildman–Crippen MR) is 154 cm³/mol. The van der Waals surface area contributed by atoms with Crippen molar-refractivity contribution in [2.45, 2.75) is 102 Å². The molecule has 3 rings (SSSR count). The second kappa shape index (κ2) is 13.9. The molecule has 0 radical (unpaired) electrons. The monoisotopic (exact) mass is 587 g/mol. The fraction of sp³-hybridized carbons (Fsp3) is 0.690. The number of carbonyl (C=O) groups is 4. The topological polar surface area (TPSA) is 158 Å². The van der Waals surface area contributed by atoms with Gasteiger partial charge in [-0.15, -0.1) is 23.4 Å². The van der Waals surface area contributed by atoms with Crippen LogP contribution in [0.4, 0.5) is 4.79 Å². The summed E-state index contributed by atoms with van der Waals surface area (Å²) in [4.78, 5) is 56.2. The van der Waals surface area contributed by atoms with Crippen molar-refractivity contribution in [3.8, 4) is 0 Å². The Morgan fingerprint density at radius 1 is 1.19 bits per heavy atom. The van der Waals surface area contributed by atoms with Crippen molar-refractivity contribution in [1.82, 2.24) is 35.7 Å². The van der Waals surface area contributed by atoms with Crippen LogP contribution in [0, 0.1) is 5.92 Å². The van der Waals surface area contributed by atoms with Gasteiger partial charge >= 0.3 is 12.1 Å². The Morgan fingerprint density at radius 2 is 1.93 bits per heavy atom. The highest BCUT2D eigenvalue weighted by Gasteiger charge is 2.62. The van der Waals surface area contributed by atoms with Gasteiger partial charge in [-0.25, -0.2) is 9.59 Å². The first-order valence-electron chi connectivity index (χ1n) is 14.6. The highest BCUT2D eigenvalue weighted by atomic mass is 16.6. The molecule has 1 saturated heterocycles. The number of tetrazole rings is 1. The van der Waals surface area contributed by atoms with Crippen LogP contribution in [0.1, 0.15) is 84.4 Å². The number of rotatable bonds is 14. The average molecular weight is 588 g/mol. The van der Waals surface area contributed by atoms with E-state index in [-0.39, 0.29) is 31.4 Å². The van der Waals surface area contributed by atoms with Gasteiger partial charge in [0.15, 0.2) is 5.82 Å². The maximum Gasteiger partial charge on any atom is 0.408 e. The van der Waals surface area contributed by atoms with E-state index < -0.39 is 47.1 Å². The van der Waals surface area contributed by atoms with Gasteiger partial charge in [0.1, 0.15) is 23.2 Å². The van der Waals surface area contributed by atoms with Crippen molar-refractivity contribution in [1.29, 1.82) is 0 Å². The van der Waals surface area contributed by atoms with Gasteiger partial charge in [-0.05, 0) is 65.0 Å². The summed E-state index contributed by atoms with van der Waals surface area (Å²) in [6.45, 7) is 14.8. The lowest BCUT2D eigenvalue weighted by Crippen LogP contribution is -2.56. The molecule has 13 nitrogen and oxygen atoms in total. The van der Waals surface area contributed by atoms with Crippen LogP contribution in [0.5, 0.6) is 0 Å². The fourth-order valence-corrected chi connectivity index (χ4v) is 5.26. The van der Waals surface area contributed by atoms with Gasteiger partial charge in [-0.1, -0.05) is 25.0 Å². The van der Waals surface area contributed by atoms with Crippen molar-refractivity contribution < 1.29 is 28.7 Å². The molecule has 1 aromatic heterocycles. The van der Waals surface area contributed by atoms with Crippen LogP contribution in [0.2, 0.25) is 0 Å². The minimum absolute atomic E-state index is 0.142. The Balaban J connectivity index is 1.86. The number of carbonyl (C=O) groups excluding carboxylic acids is 4. The lowest BCUT2D eigenvalue weighted by atomic mass is 10.0. The Kier molecular flexibility index (Phi) is 10.9. The van der Waals surface area contributed by atoms with Gasteiger partial charge in [-0.2, -0.15) is 4.80 Å². The molecule has 0 spiro atoms. The van der Waals surface area contributed by atoms with Crippen LogP contribution in [0.15, 0.2) is 25.3 Å². The summed E-state index contributed by atoms with van der Waals surface area (Å²) < 4.78 is 10.7. The molecule has 0 unspecified atom stereocenters. The summed E-state index contributed by atoms with van der Waals surface area (Å²) in [7, 11) is 1.64. The molecular weight excluding hydrogens is 542 g/mol. The molecule has 2 heterocycles. The van der Waals surface area contributed by atoms with E-state index in [1.165, 1.54) is 9.70 Å². The molecule has 5 atom stereocenters. The molecule has 1 aliphatic heterocycles. The third kappa shape index (κ3) is 8.16. The summed E-state index contributed by atoms with van der Waals surface area (Å²) in [6.07, 6.45) is 6.97.